The van der Waals surface area contributed by atoms with E-state index in [9.17, 15) is 13.2 Å². The third-order valence-electron chi connectivity index (χ3n) is 5.27. The lowest BCUT2D eigenvalue weighted by atomic mass is 10.1. The number of nitrogens with zero attached hydrogens (tertiary/aromatic N) is 4. The van der Waals surface area contributed by atoms with Crippen molar-refractivity contribution >= 4 is 15.7 Å². The first kappa shape index (κ1) is 21.0. The minimum Gasteiger partial charge on any atom is -0.490 e. The van der Waals surface area contributed by atoms with Gasteiger partial charge in [0, 0.05) is 50.1 Å². The summed E-state index contributed by atoms with van der Waals surface area (Å²) in [5, 5.41) is 0. The van der Waals surface area contributed by atoms with Crippen molar-refractivity contribution in [3.05, 3.63) is 71.0 Å². The van der Waals surface area contributed by atoms with Gasteiger partial charge in [0.15, 0.2) is 9.84 Å². The number of aromatic nitrogens is 3. The second-order valence-corrected chi connectivity index (χ2v) is 9.67. The third kappa shape index (κ3) is 4.93. The quantitative estimate of drug-likeness (QED) is 0.601. The molecule has 4 rings (SSSR count). The average molecular weight is 441 g/mol. The van der Waals surface area contributed by atoms with Gasteiger partial charge in [-0.15, -0.1) is 0 Å². The maximum atomic E-state index is 12.6. The summed E-state index contributed by atoms with van der Waals surface area (Å²) in [5.41, 5.74) is 1.25. The molecule has 0 amide bonds. The van der Waals surface area contributed by atoms with E-state index in [0.29, 0.717) is 11.4 Å². The van der Waals surface area contributed by atoms with Crippen molar-refractivity contribution in [3.8, 4) is 11.4 Å². The normalized spacial score (nSPS) is 15.1. The van der Waals surface area contributed by atoms with Gasteiger partial charge in [-0.2, -0.15) is 0 Å². The Balaban J connectivity index is 1.40. The van der Waals surface area contributed by atoms with Crippen LogP contribution in [0.5, 0.6) is 5.75 Å². The first-order valence-electron chi connectivity index (χ1n) is 10.0. The standard InChI is InChI=1S/C22H24N4O4S/c1-16-14-24-21(15-23-16)25-10-7-18(8-11-25)30-19-9-12-26(22(27)13-19)17-3-5-20(6-4-17)31(2,28)29/h3-6,9,12-15,18H,7-8,10-11H2,1-2H3. The summed E-state index contributed by atoms with van der Waals surface area (Å²) in [6, 6.07) is 9.43. The molecule has 8 nitrogen and oxygen atoms in total. The van der Waals surface area contributed by atoms with E-state index in [-0.39, 0.29) is 16.6 Å². The van der Waals surface area contributed by atoms with Gasteiger partial charge in [-0.25, -0.2) is 13.4 Å². The Labute approximate surface area is 181 Å². The fourth-order valence-corrected chi connectivity index (χ4v) is 4.18. The number of benzene rings is 1. The highest BCUT2D eigenvalue weighted by Gasteiger charge is 2.22. The number of hydrogen-bond acceptors (Lipinski definition) is 7. The molecule has 0 N–H and O–H groups in total. The fourth-order valence-electron chi connectivity index (χ4n) is 3.55. The third-order valence-corrected chi connectivity index (χ3v) is 6.40. The van der Waals surface area contributed by atoms with E-state index < -0.39 is 9.84 Å². The van der Waals surface area contributed by atoms with Crippen LogP contribution in [0.2, 0.25) is 0 Å². The molecular weight excluding hydrogens is 416 g/mol. The monoisotopic (exact) mass is 440 g/mol. The van der Waals surface area contributed by atoms with Gasteiger partial charge in [-0.3, -0.25) is 14.3 Å². The number of pyridine rings is 1. The number of ether oxygens (including phenoxy) is 1. The Morgan fingerprint density at radius 2 is 1.74 bits per heavy atom. The second kappa shape index (κ2) is 8.50. The minimum absolute atomic E-state index is 0.0268. The molecule has 0 aliphatic carbocycles. The van der Waals surface area contributed by atoms with Crippen LogP contribution in [-0.4, -0.2) is 48.4 Å². The van der Waals surface area contributed by atoms with Gasteiger partial charge in [-0.1, -0.05) is 0 Å². The zero-order chi connectivity index (χ0) is 22.0. The molecule has 3 heterocycles. The van der Waals surface area contributed by atoms with Crippen LogP contribution in [0.3, 0.4) is 0 Å². The van der Waals surface area contributed by atoms with E-state index in [4.69, 9.17) is 4.74 Å². The Morgan fingerprint density at radius 1 is 1.03 bits per heavy atom. The molecule has 0 spiro atoms. The van der Waals surface area contributed by atoms with Crippen LogP contribution in [0.15, 0.2) is 64.7 Å². The molecule has 1 aliphatic heterocycles. The van der Waals surface area contributed by atoms with Gasteiger partial charge < -0.3 is 9.64 Å². The number of piperidine rings is 1. The Kier molecular flexibility index (Phi) is 5.77. The number of anilines is 1. The number of aryl methyl sites for hydroxylation is 1. The van der Waals surface area contributed by atoms with Crippen molar-refractivity contribution in [2.75, 3.05) is 24.2 Å². The van der Waals surface area contributed by atoms with E-state index in [1.165, 1.54) is 22.8 Å². The molecule has 1 aliphatic rings. The van der Waals surface area contributed by atoms with Crippen molar-refractivity contribution in [1.82, 2.24) is 14.5 Å². The molecule has 1 fully saturated rings. The SMILES string of the molecule is Cc1cnc(N2CCC(Oc3ccn(-c4ccc(S(C)(=O)=O)cc4)c(=O)c3)CC2)cn1. The van der Waals surface area contributed by atoms with Crippen LogP contribution < -0.4 is 15.2 Å². The van der Waals surface area contributed by atoms with E-state index in [1.54, 1.807) is 36.8 Å². The maximum absolute atomic E-state index is 12.6. The van der Waals surface area contributed by atoms with E-state index >= 15 is 0 Å². The van der Waals surface area contributed by atoms with Crippen molar-refractivity contribution < 1.29 is 13.2 Å². The lowest BCUT2D eigenvalue weighted by Gasteiger charge is -2.32. The maximum Gasteiger partial charge on any atom is 0.258 e. The van der Waals surface area contributed by atoms with Gasteiger partial charge in [0.25, 0.3) is 5.56 Å². The second-order valence-electron chi connectivity index (χ2n) is 7.66. The lowest BCUT2D eigenvalue weighted by molar-refractivity contribution is 0.170. The van der Waals surface area contributed by atoms with Crippen molar-refractivity contribution in [2.45, 2.75) is 30.8 Å². The molecule has 0 unspecified atom stereocenters. The highest BCUT2D eigenvalue weighted by Crippen LogP contribution is 2.21. The molecular formula is C22H24N4O4S. The van der Waals surface area contributed by atoms with E-state index in [1.807, 2.05) is 6.92 Å². The van der Waals surface area contributed by atoms with Crippen molar-refractivity contribution in [3.63, 3.8) is 0 Å². The van der Waals surface area contributed by atoms with E-state index in [0.717, 1.165) is 43.7 Å². The van der Waals surface area contributed by atoms with E-state index in [2.05, 4.69) is 14.9 Å². The summed E-state index contributed by atoms with van der Waals surface area (Å²) in [7, 11) is -3.28. The molecule has 2 aromatic heterocycles. The van der Waals surface area contributed by atoms with Gasteiger partial charge in [0.2, 0.25) is 0 Å². The molecule has 162 valence electrons. The zero-order valence-electron chi connectivity index (χ0n) is 17.4. The topological polar surface area (TPSA) is 94.4 Å². The smallest absolute Gasteiger partial charge is 0.258 e. The van der Waals surface area contributed by atoms with Gasteiger partial charge in [0.05, 0.1) is 23.0 Å². The minimum atomic E-state index is -3.28. The first-order chi connectivity index (χ1) is 14.8. The Hall–Kier alpha value is -3.20. The van der Waals surface area contributed by atoms with Gasteiger partial charge in [-0.05, 0) is 37.3 Å². The Morgan fingerprint density at radius 3 is 2.32 bits per heavy atom. The van der Waals surface area contributed by atoms with Gasteiger partial charge >= 0.3 is 0 Å². The van der Waals surface area contributed by atoms with Crippen LogP contribution in [0.4, 0.5) is 5.82 Å². The van der Waals surface area contributed by atoms with Crippen molar-refractivity contribution in [1.29, 1.82) is 0 Å². The number of rotatable bonds is 5. The Bertz CT molecular complexity index is 1210. The highest BCUT2D eigenvalue weighted by molar-refractivity contribution is 7.90. The summed E-state index contributed by atoms with van der Waals surface area (Å²) in [6.45, 7) is 3.54. The summed E-state index contributed by atoms with van der Waals surface area (Å²) < 4.78 is 30.7. The van der Waals surface area contributed by atoms with Crippen LogP contribution in [0.25, 0.3) is 5.69 Å². The summed E-state index contributed by atoms with van der Waals surface area (Å²) >= 11 is 0. The van der Waals surface area contributed by atoms with Crippen molar-refractivity contribution in [2.24, 2.45) is 0 Å². The van der Waals surface area contributed by atoms with Crippen LogP contribution >= 0.6 is 0 Å². The lowest BCUT2D eigenvalue weighted by Crippen LogP contribution is -2.38. The zero-order valence-corrected chi connectivity index (χ0v) is 18.2. The molecule has 31 heavy (non-hydrogen) atoms. The van der Waals surface area contributed by atoms with Gasteiger partial charge in [0.1, 0.15) is 17.7 Å². The summed E-state index contributed by atoms with van der Waals surface area (Å²) in [6.07, 6.45) is 8.03. The number of sulfone groups is 1. The molecule has 0 bridgehead atoms. The predicted molar refractivity (Wildman–Crippen MR) is 118 cm³/mol. The first-order valence-corrected chi connectivity index (χ1v) is 11.9. The summed E-state index contributed by atoms with van der Waals surface area (Å²) in [4.78, 5) is 23.7. The molecule has 1 saturated heterocycles. The average Bonchev–Trinajstić information content (AvgIpc) is 2.75. The van der Waals surface area contributed by atoms with Crippen LogP contribution in [-0.2, 0) is 9.84 Å². The fraction of sp³-hybridized carbons (Fsp3) is 0.318. The molecule has 1 aromatic carbocycles. The molecule has 0 atom stereocenters. The number of hydrogen-bond donors (Lipinski definition) is 0. The molecule has 3 aromatic rings. The molecule has 9 heteroatoms. The van der Waals surface area contributed by atoms with Crippen LogP contribution in [0, 0.1) is 6.92 Å². The highest BCUT2D eigenvalue weighted by atomic mass is 32.2. The van der Waals surface area contributed by atoms with Crippen LogP contribution in [0.1, 0.15) is 18.5 Å². The predicted octanol–water partition coefficient (Wildman–Crippen LogP) is 2.39. The summed E-state index contributed by atoms with van der Waals surface area (Å²) in [5.74, 6) is 1.40. The molecule has 0 radical (unpaired) electrons. The molecule has 0 saturated carbocycles. The largest absolute Gasteiger partial charge is 0.490 e.